The van der Waals surface area contributed by atoms with Crippen LogP contribution >= 0.6 is 0 Å². The van der Waals surface area contributed by atoms with Gasteiger partial charge in [0.15, 0.2) is 0 Å². The van der Waals surface area contributed by atoms with Gasteiger partial charge in [0.2, 0.25) is 0 Å². The number of aromatic nitrogens is 4. The Morgan fingerprint density at radius 1 is 0.476 bits per heavy atom. The summed E-state index contributed by atoms with van der Waals surface area (Å²) in [5, 5.41) is 2.44. The Labute approximate surface area is 385 Å². The molecule has 0 fully saturated rings. The average Bonchev–Trinajstić information content (AvgIpc) is 3.72. The molecule has 9 rings (SSSR count). The van der Waals surface area contributed by atoms with E-state index in [1.54, 1.807) is 0 Å². The number of fused-ring (bicyclic) bond motifs is 5. The molecule has 0 unspecified atom stereocenters. The summed E-state index contributed by atoms with van der Waals surface area (Å²) in [4.78, 5) is 5.05. The third-order valence-corrected chi connectivity index (χ3v) is 16.2. The summed E-state index contributed by atoms with van der Waals surface area (Å²) in [7, 11) is 0. The van der Waals surface area contributed by atoms with Crippen molar-refractivity contribution in [3.8, 4) is 28.7 Å². The molecule has 3 heterocycles. The third-order valence-electron chi connectivity index (χ3n) is 15.2. The van der Waals surface area contributed by atoms with Crippen LogP contribution in [0.5, 0.6) is 11.5 Å². The van der Waals surface area contributed by atoms with Gasteiger partial charge in [-0.1, -0.05) is 62.3 Å². The molecule has 63 heavy (non-hydrogen) atoms. The van der Waals surface area contributed by atoms with Crippen LogP contribution in [-0.4, -0.2) is 18.7 Å². The Morgan fingerprint density at radius 2 is 1.05 bits per heavy atom. The van der Waals surface area contributed by atoms with Crippen molar-refractivity contribution in [1.29, 1.82) is 0 Å². The summed E-state index contributed by atoms with van der Waals surface area (Å²) >= 11 is 2.50. The number of hydrogen-bond acceptors (Lipinski definition) is 2. The second kappa shape index (κ2) is 14.3. The van der Waals surface area contributed by atoms with Gasteiger partial charge in [0.25, 0.3) is 0 Å². The fourth-order valence-corrected chi connectivity index (χ4v) is 11.0. The molecular weight excluding hydrogens is 952 g/mol. The van der Waals surface area contributed by atoms with Crippen molar-refractivity contribution in [2.45, 2.75) is 131 Å². The number of hydrogen-bond donors (Lipinski definition) is 0. The Balaban J connectivity index is 1.19. The van der Waals surface area contributed by atoms with Crippen LogP contribution in [0.1, 0.15) is 132 Å². The first-order valence-electron chi connectivity index (χ1n) is 22.5. The van der Waals surface area contributed by atoms with E-state index in [1.807, 2.05) is 6.20 Å². The minimum absolute atomic E-state index is 0.00597. The van der Waals surface area contributed by atoms with E-state index in [-0.39, 0.29) is 32.5 Å². The van der Waals surface area contributed by atoms with Crippen molar-refractivity contribution in [3.63, 3.8) is 0 Å². The van der Waals surface area contributed by atoms with E-state index in [9.17, 15) is 0 Å². The fourth-order valence-electron chi connectivity index (χ4n) is 9.90. The monoisotopic (exact) mass is 1020 g/mol. The Hall–Kier alpha value is -4.99. The topological polar surface area (TPSA) is 36.9 Å². The van der Waals surface area contributed by atoms with E-state index in [2.05, 4.69) is 246 Å². The zero-order valence-corrected chi connectivity index (χ0v) is 42.3. The number of ether oxygens (including phenoxy) is 1. The molecule has 0 amide bonds. The summed E-state index contributed by atoms with van der Waals surface area (Å²) in [5.74, 6) is 2.47. The number of imidazole rings is 1. The van der Waals surface area contributed by atoms with Crippen LogP contribution < -0.4 is 4.74 Å². The number of nitrogens with zero attached hydrogens (tertiary/aromatic N) is 4. The molecule has 5 aromatic carbocycles. The molecular formula is C57H64N4OPt. The zero-order valence-electron chi connectivity index (χ0n) is 40.0. The second-order valence-electron chi connectivity index (χ2n) is 22.7. The van der Waals surface area contributed by atoms with Gasteiger partial charge in [-0.25, -0.2) is 0 Å². The van der Waals surface area contributed by atoms with Crippen molar-refractivity contribution in [3.05, 3.63) is 147 Å². The van der Waals surface area contributed by atoms with E-state index < -0.39 is 0 Å². The maximum absolute atomic E-state index is 6.88. The molecule has 0 atom stereocenters. The SMILES string of the molecule is CC(C)(C)c1ccc(-n2[c](=[Pt])n(-c3cccc(Oc4ccc5c6cc7c(cc6n(-c6cc(C(C)(C)C)ccn6)c5c4)C(C)(C)C(C)(C)C7(C)C)c3)c3ccc(C(C)(C)C)cc32)cc1. The summed E-state index contributed by atoms with van der Waals surface area (Å²) in [5.41, 5.74) is 13.5. The normalized spacial score (nSPS) is 16.0. The standard InChI is InChI=1S/C57H64N4O.Pt/c1-52(2,3)36-19-22-39(23-20-36)59-35-60(47-26-21-37(29-50(47)59)53(4,5)6)40-17-16-18-41(31-40)62-42-24-25-43-44-33-45-46(56(12,13)57(14,15)55(45,10)11)34-49(44)61(48(43)32-42)51-30-38(27-28-58-51)54(7,8)9;/h16-34H,1-15H3;. The number of rotatable bonds is 5. The van der Waals surface area contributed by atoms with Gasteiger partial charge in [0.1, 0.15) is 0 Å². The molecule has 1 aliphatic carbocycles. The summed E-state index contributed by atoms with van der Waals surface area (Å²) < 4.78 is 15.1. The van der Waals surface area contributed by atoms with E-state index in [1.165, 1.54) is 49.6 Å². The first kappa shape index (κ1) is 43.3. The average molecular weight is 1020 g/mol. The zero-order chi connectivity index (χ0) is 45.4. The molecule has 0 bridgehead atoms. The van der Waals surface area contributed by atoms with Gasteiger partial charge in [-0.2, -0.15) is 0 Å². The Bertz CT molecular complexity index is 3180. The molecule has 0 N–H and O–H groups in total. The second-order valence-corrected chi connectivity index (χ2v) is 23.7. The Kier molecular flexibility index (Phi) is 9.79. The van der Waals surface area contributed by atoms with Gasteiger partial charge >= 0.3 is 275 Å². The summed E-state index contributed by atoms with van der Waals surface area (Å²) in [6.45, 7) is 35.0. The quantitative estimate of drug-likeness (QED) is 0.172. The maximum atomic E-state index is 6.88. The molecule has 0 spiro atoms. The van der Waals surface area contributed by atoms with Crippen LogP contribution in [0.15, 0.2) is 115 Å². The van der Waals surface area contributed by atoms with E-state index in [4.69, 9.17) is 9.72 Å². The van der Waals surface area contributed by atoms with Crippen molar-refractivity contribution in [1.82, 2.24) is 18.7 Å². The molecule has 8 aromatic rings. The van der Waals surface area contributed by atoms with Crippen molar-refractivity contribution < 1.29 is 24.1 Å². The van der Waals surface area contributed by atoms with E-state index >= 15 is 0 Å². The van der Waals surface area contributed by atoms with Crippen LogP contribution in [-0.2, 0) is 46.4 Å². The molecule has 0 radical (unpaired) electrons. The van der Waals surface area contributed by atoms with Crippen molar-refractivity contribution in [2.24, 2.45) is 5.41 Å². The van der Waals surface area contributed by atoms with E-state index in [0.717, 1.165) is 43.5 Å². The van der Waals surface area contributed by atoms with Crippen LogP contribution in [0.25, 0.3) is 50.0 Å². The molecule has 6 heteroatoms. The number of benzene rings is 5. The summed E-state index contributed by atoms with van der Waals surface area (Å²) in [6.07, 6.45) is 1.96. The molecule has 328 valence electrons. The van der Waals surface area contributed by atoms with Gasteiger partial charge in [0, 0.05) is 6.20 Å². The molecule has 0 saturated carbocycles. The predicted molar refractivity (Wildman–Crippen MR) is 260 cm³/mol. The van der Waals surface area contributed by atoms with Gasteiger partial charge in [-0.3, -0.25) is 0 Å². The predicted octanol–water partition coefficient (Wildman–Crippen LogP) is 15.3. The fraction of sp³-hybridized carbons (Fsp3) is 0.368. The first-order valence-corrected chi connectivity index (χ1v) is 23.7. The van der Waals surface area contributed by atoms with Crippen LogP contribution in [0, 0.1) is 9.22 Å². The van der Waals surface area contributed by atoms with Crippen LogP contribution in [0.3, 0.4) is 0 Å². The molecule has 3 aromatic heterocycles. The van der Waals surface area contributed by atoms with Crippen molar-refractivity contribution in [2.75, 3.05) is 0 Å². The van der Waals surface area contributed by atoms with Gasteiger partial charge in [0.05, 0.1) is 0 Å². The van der Waals surface area contributed by atoms with Gasteiger partial charge < -0.3 is 0 Å². The van der Waals surface area contributed by atoms with Crippen molar-refractivity contribution >= 4 is 32.8 Å². The first-order chi connectivity index (χ1) is 29.3. The van der Waals surface area contributed by atoms with Crippen LogP contribution in [0.4, 0.5) is 0 Å². The van der Waals surface area contributed by atoms with E-state index in [0.29, 0.717) is 0 Å². The Morgan fingerprint density at radius 3 is 1.70 bits per heavy atom. The molecule has 0 saturated heterocycles. The van der Waals surface area contributed by atoms with Gasteiger partial charge in [-0.05, 0) is 44.4 Å². The molecule has 0 aliphatic heterocycles. The summed E-state index contributed by atoms with van der Waals surface area (Å²) in [6, 6.07) is 40.4. The molecule has 1 aliphatic rings. The minimum atomic E-state index is -0.0325. The van der Waals surface area contributed by atoms with Crippen LogP contribution in [0.2, 0.25) is 0 Å². The third kappa shape index (κ3) is 6.82. The molecule has 5 nitrogen and oxygen atoms in total. The van der Waals surface area contributed by atoms with Gasteiger partial charge in [-0.15, -0.1) is 0 Å². The number of pyridine rings is 1.